The Hall–Kier alpha value is -2.59. The van der Waals surface area contributed by atoms with Crippen molar-refractivity contribution in [2.45, 2.75) is 11.1 Å². The minimum absolute atomic E-state index is 0.158. The molecule has 2 rings (SSSR count). The summed E-state index contributed by atoms with van der Waals surface area (Å²) in [6.07, 6.45) is -4.68. The highest BCUT2D eigenvalue weighted by Crippen LogP contribution is 2.36. The molecular weight excluding hydrogens is 361 g/mol. The van der Waals surface area contributed by atoms with Crippen LogP contribution in [0.15, 0.2) is 47.4 Å². The summed E-state index contributed by atoms with van der Waals surface area (Å²) in [6.45, 7) is 0. The number of hydrogen-bond acceptors (Lipinski definition) is 4. The standard InChI is InChI=1S/C15H13F3N2O4S/c1-24-13-7-2-9(8-12(13)15(16,17)18)14(21)20-10-3-5-11(6-4-10)25(19,22)23/h2-8H,1H3,(H,20,21)(H2,19,22,23). The molecule has 2 aromatic carbocycles. The van der Waals surface area contributed by atoms with Crippen molar-refractivity contribution in [3.05, 3.63) is 53.6 Å². The van der Waals surface area contributed by atoms with E-state index in [2.05, 4.69) is 10.1 Å². The molecule has 0 spiro atoms. The van der Waals surface area contributed by atoms with Gasteiger partial charge < -0.3 is 10.1 Å². The fourth-order valence-electron chi connectivity index (χ4n) is 2.00. The number of amides is 1. The number of rotatable bonds is 4. The number of hydrogen-bond donors (Lipinski definition) is 2. The average molecular weight is 374 g/mol. The zero-order valence-electron chi connectivity index (χ0n) is 12.8. The number of alkyl halides is 3. The van der Waals surface area contributed by atoms with Gasteiger partial charge in [-0.15, -0.1) is 0 Å². The van der Waals surface area contributed by atoms with Crippen molar-refractivity contribution in [3.8, 4) is 5.75 Å². The Bertz CT molecular complexity index is 894. The maximum absolute atomic E-state index is 13.0. The summed E-state index contributed by atoms with van der Waals surface area (Å²) in [4.78, 5) is 12.0. The number of anilines is 1. The third-order valence-corrected chi connectivity index (χ3v) is 4.14. The number of benzene rings is 2. The number of halogens is 3. The Kier molecular flexibility index (Phi) is 5.04. The van der Waals surface area contributed by atoms with E-state index < -0.39 is 33.4 Å². The first-order chi connectivity index (χ1) is 11.5. The molecule has 0 unspecified atom stereocenters. The van der Waals surface area contributed by atoms with Gasteiger partial charge in [0.25, 0.3) is 5.91 Å². The first-order valence-electron chi connectivity index (χ1n) is 6.72. The van der Waals surface area contributed by atoms with Crippen LogP contribution < -0.4 is 15.2 Å². The van der Waals surface area contributed by atoms with Gasteiger partial charge in [-0.05, 0) is 42.5 Å². The van der Waals surface area contributed by atoms with E-state index in [4.69, 9.17) is 5.14 Å². The van der Waals surface area contributed by atoms with E-state index in [1.54, 1.807) is 0 Å². The summed E-state index contributed by atoms with van der Waals surface area (Å²) in [5, 5.41) is 7.32. The number of ether oxygens (including phenoxy) is 1. The quantitative estimate of drug-likeness (QED) is 0.859. The molecule has 0 aromatic heterocycles. The molecule has 0 fully saturated rings. The van der Waals surface area contributed by atoms with Crippen LogP contribution >= 0.6 is 0 Å². The molecule has 0 radical (unpaired) electrons. The Balaban J connectivity index is 2.27. The predicted molar refractivity (Wildman–Crippen MR) is 83.8 cm³/mol. The maximum Gasteiger partial charge on any atom is 0.419 e. The van der Waals surface area contributed by atoms with Crippen LogP contribution in [-0.4, -0.2) is 21.4 Å². The Morgan fingerprint density at radius 1 is 1.12 bits per heavy atom. The van der Waals surface area contributed by atoms with E-state index in [-0.39, 0.29) is 16.1 Å². The van der Waals surface area contributed by atoms with Crippen LogP contribution in [0.5, 0.6) is 5.75 Å². The van der Waals surface area contributed by atoms with Gasteiger partial charge in [0, 0.05) is 11.3 Å². The number of methoxy groups -OCH3 is 1. The molecule has 0 aliphatic heterocycles. The Labute approximate surface area is 141 Å². The van der Waals surface area contributed by atoms with Crippen molar-refractivity contribution in [2.24, 2.45) is 5.14 Å². The Morgan fingerprint density at radius 2 is 1.72 bits per heavy atom. The van der Waals surface area contributed by atoms with Crippen molar-refractivity contribution in [3.63, 3.8) is 0 Å². The summed E-state index contributed by atoms with van der Waals surface area (Å²) in [5.74, 6) is -1.20. The number of nitrogens with one attached hydrogen (secondary N) is 1. The van der Waals surface area contributed by atoms with Gasteiger partial charge in [-0.25, -0.2) is 13.6 Å². The van der Waals surface area contributed by atoms with Crippen molar-refractivity contribution in [1.82, 2.24) is 0 Å². The number of carbonyl (C=O) groups excluding carboxylic acids is 1. The van der Waals surface area contributed by atoms with E-state index in [0.717, 1.165) is 13.2 Å². The van der Waals surface area contributed by atoms with Gasteiger partial charge in [-0.3, -0.25) is 4.79 Å². The molecule has 0 heterocycles. The molecule has 134 valence electrons. The normalized spacial score (nSPS) is 11.9. The second-order valence-electron chi connectivity index (χ2n) is 4.94. The fourth-order valence-corrected chi connectivity index (χ4v) is 2.52. The molecule has 6 nitrogen and oxygen atoms in total. The van der Waals surface area contributed by atoms with E-state index in [1.807, 2.05) is 0 Å². The number of sulfonamides is 1. The van der Waals surface area contributed by atoms with Gasteiger partial charge in [0.05, 0.1) is 17.6 Å². The largest absolute Gasteiger partial charge is 0.496 e. The molecule has 3 N–H and O–H groups in total. The maximum atomic E-state index is 13.0. The number of nitrogens with two attached hydrogens (primary N) is 1. The molecule has 10 heteroatoms. The summed E-state index contributed by atoms with van der Waals surface area (Å²) in [7, 11) is -2.79. The highest BCUT2D eigenvalue weighted by Gasteiger charge is 2.35. The molecule has 0 bridgehead atoms. The van der Waals surface area contributed by atoms with Gasteiger partial charge in [-0.1, -0.05) is 0 Å². The average Bonchev–Trinajstić information content (AvgIpc) is 2.53. The first kappa shape index (κ1) is 18.7. The van der Waals surface area contributed by atoms with Crippen LogP contribution in [0, 0.1) is 0 Å². The molecule has 0 saturated carbocycles. The zero-order chi connectivity index (χ0) is 18.8. The molecular formula is C15H13F3N2O4S. The molecule has 25 heavy (non-hydrogen) atoms. The highest BCUT2D eigenvalue weighted by molar-refractivity contribution is 7.89. The molecule has 0 aliphatic rings. The minimum Gasteiger partial charge on any atom is -0.496 e. The van der Waals surface area contributed by atoms with Crippen molar-refractivity contribution in [2.75, 3.05) is 12.4 Å². The lowest BCUT2D eigenvalue weighted by Crippen LogP contribution is -2.15. The van der Waals surface area contributed by atoms with Crippen molar-refractivity contribution >= 4 is 21.6 Å². The van der Waals surface area contributed by atoms with Gasteiger partial charge in [0.2, 0.25) is 10.0 Å². The first-order valence-corrected chi connectivity index (χ1v) is 8.26. The van der Waals surface area contributed by atoms with Crippen LogP contribution in [-0.2, 0) is 16.2 Å². The number of carbonyl (C=O) groups is 1. The van der Waals surface area contributed by atoms with Crippen LogP contribution in [0.2, 0.25) is 0 Å². The summed E-state index contributed by atoms with van der Waals surface area (Å²) < 4.78 is 65.9. The topological polar surface area (TPSA) is 98.5 Å². The molecule has 0 atom stereocenters. The molecule has 1 amide bonds. The number of primary sulfonamides is 1. The third-order valence-electron chi connectivity index (χ3n) is 3.21. The van der Waals surface area contributed by atoms with E-state index in [1.165, 1.54) is 30.3 Å². The minimum atomic E-state index is -4.68. The van der Waals surface area contributed by atoms with E-state index in [9.17, 15) is 26.4 Å². The molecule has 2 aromatic rings. The van der Waals surface area contributed by atoms with Crippen LogP contribution in [0.25, 0.3) is 0 Å². The zero-order valence-corrected chi connectivity index (χ0v) is 13.6. The fraction of sp³-hybridized carbons (Fsp3) is 0.133. The summed E-state index contributed by atoms with van der Waals surface area (Å²) >= 11 is 0. The van der Waals surface area contributed by atoms with Crippen LogP contribution in [0.4, 0.5) is 18.9 Å². The van der Waals surface area contributed by atoms with E-state index in [0.29, 0.717) is 6.07 Å². The van der Waals surface area contributed by atoms with Gasteiger partial charge in [-0.2, -0.15) is 13.2 Å². The lowest BCUT2D eigenvalue weighted by molar-refractivity contribution is -0.138. The van der Waals surface area contributed by atoms with Gasteiger partial charge >= 0.3 is 6.18 Å². The summed E-state index contributed by atoms with van der Waals surface area (Å²) in [5.41, 5.74) is -1.11. The third kappa shape index (κ3) is 4.48. The van der Waals surface area contributed by atoms with Crippen LogP contribution in [0.1, 0.15) is 15.9 Å². The summed E-state index contributed by atoms with van der Waals surface area (Å²) in [6, 6.07) is 7.77. The lowest BCUT2D eigenvalue weighted by atomic mass is 10.1. The molecule has 0 saturated heterocycles. The highest BCUT2D eigenvalue weighted by atomic mass is 32.2. The van der Waals surface area contributed by atoms with Crippen molar-refractivity contribution < 1.29 is 31.1 Å². The lowest BCUT2D eigenvalue weighted by Gasteiger charge is -2.13. The van der Waals surface area contributed by atoms with Crippen LogP contribution in [0.3, 0.4) is 0 Å². The second kappa shape index (κ2) is 6.73. The molecule has 0 aliphatic carbocycles. The Morgan fingerprint density at radius 3 is 2.20 bits per heavy atom. The van der Waals surface area contributed by atoms with Gasteiger partial charge in [0.1, 0.15) is 5.75 Å². The van der Waals surface area contributed by atoms with Crippen molar-refractivity contribution in [1.29, 1.82) is 0 Å². The predicted octanol–water partition coefficient (Wildman–Crippen LogP) is 2.61. The SMILES string of the molecule is COc1ccc(C(=O)Nc2ccc(S(N)(=O)=O)cc2)cc1C(F)(F)F. The monoisotopic (exact) mass is 374 g/mol. The smallest absolute Gasteiger partial charge is 0.419 e. The second-order valence-corrected chi connectivity index (χ2v) is 6.50. The van der Waals surface area contributed by atoms with Gasteiger partial charge in [0.15, 0.2) is 0 Å². The van der Waals surface area contributed by atoms with E-state index >= 15 is 0 Å².